The molecule has 0 aromatic carbocycles. The van der Waals surface area contributed by atoms with Crippen LogP contribution >= 0.6 is 12.4 Å². The molecule has 7 nitrogen and oxygen atoms in total. The minimum atomic E-state index is -0.488. The molecule has 2 amide bonds. The Labute approximate surface area is 149 Å². The van der Waals surface area contributed by atoms with E-state index in [9.17, 15) is 9.59 Å². The molecule has 1 aliphatic rings. The van der Waals surface area contributed by atoms with Crippen LogP contribution in [-0.2, 0) is 16.6 Å². The molecule has 8 heteroatoms. The SMILES string of the molecule is CNC(C(=O)N1CC(=O)N(C(C)C)C(C)(C)C1)c1cnn(C)c1.Cl. The lowest BCUT2D eigenvalue weighted by atomic mass is 9.95. The van der Waals surface area contributed by atoms with Gasteiger partial charge in [-0.2, -0.15) is 5.10 Å². The first kappa shape index (κ1) is 20.4. The van der Waals surface area contributed by atoms with Crippen LogP contribution in [0.25, 0.3) is 0 Å². The Morgan fingerprint density at radius 2 is 2.00 bits per heavy atom. The smallest absolute Gasteiger partial charge is 0.244 e. The van der Waals surface area contributed by atoms with Gasteiger partial charge in [0.15, 0.2) is 0 Å². The molecule has 0 radical (unpaired) electrons. The van der Waals surface area contributed by atoms with E-state index in [4.69, 9.17) is 0 Å². The molecule has 2 rings (SSSR count). The molecule has 1 unspecified atom stereocenters. The first-order valence-electron chi connectivity index (χ1n) is 7.94. The van der Waals surface area contributed by atoms with Gasteiger partial charge in [-0.1, -0.05) is 0 Å². The van der Waals surface area contributed by atoms with Crippen LogP contribution in [0.4, 0.5) is 0 Å². The number of amides is 2. The number of nitrogens with zero attached hydrogens (tertiary/aromatic N) is 4. The highest BCUT2D eigenvalue weighted by Gasteiger charge is 2.42. The van der Waals surface area contributed by atoms with Crippen molar-refractivity contribution in [2.75, 3.05) is 20.1 Å². The Hall–Kier alpha value is -1.60. The molecule has 0 saturated carbocycles. The van der Waals surface area contributed by atoms with Crippen LogP contribution < -0.4 is 5.32 Å². The van der Waals surface area contributed by atoms with Crippen molar-refractivity contribution in [3.63, 3.8) is 0 Å². The number of aromatic nitrogens is 2. The van der Waals surface area contributed by atoms with Gasteiger partial charge in [0.2, 0.25) is 11.8 Å². The van der Waals surface area contributed by atoms with E-state index < -0.39 is 6.04 Å². The summed E-state index contributed by atoms with van der Waals surface area (Å²) in [6.07, 6.45) is 3.49. The van der Waals surface area contributed by atoms with Crippen LogP contribution in [0.2, 0.25) is 0 Å². The van der Waals surface area contributed by atoms with Crippen LogP contribution in [0.3, 0.4) is 0 Å². The standard InChI is InChI=1S/C16H27N5O2.ClH/c1-11(2)21-13(22)9-20(10-16(21,3)4)15(23)14(17-5)12-7-18-19(6)8-12;/h7-8,11,14,17H,9-10H2,1-6H3;1H. The normalized spacial score (nSPS) is 18.5. The molecule has 1 aromatic heterocycles. The van der Waals surface area contributed by atoms with E-state index in [1.807, 2.05) is 45.8 Å². The third-order valence-electron chi connectivity index (χ3n) is 4.25. The molecular weight excluding hydrogens is 330 g/mol. The maximum atomic E-state index is 12.9. The van der Waals surface area contributed by atoms with Gasteiger partial charge in [0.1, 0.15) is 6.04 Å². The van der Waals surface area contributed by atoms with E-state index in [1.54, 1.807) is 22.8 Å². The van der Waals surface area contributed by atoms with Crippen LogP contribution in [0, 0.1) is 0 Å². The third kappa shape index (κ3) is 3.89. The highest BCUT2D eigenvalue weighted by molar-refractivity contribution is 5.90. The van der Waals surface area contributed by atoms with Gasteiger partial charge in [0, 0.05) is 31.4 Å². The van der Waals surface area contributed by atoms with Crippen LogP contribution in [0.5, 0.6) is 0 Å². The second-order valence-electron chi connectivity index (χ2n) is 7.03. The molecule has 1 N–H and O–H groups in total. The largest absolute Gasteiger partial charge is 0.332 e. The Bertz CT molecular complexity index is 599. The molecule has 0 bridgehead atoms. The maximum absolute atomic E-state index is 12.9. The zero-order valence-electron chi connectivity index (χ0n) is 15.2. The van der Waals surface area contributed by atoms with E-state index in [-0.39, 0.29) is 42.3 Å². The Balaban J connectivity index is 0.00000288. The summed E-state index contributed by atoms with van der Waals surface area (Å²) in [6.45, 7) is 8.66. The van der Waals surface area contributed by atoms with Crippen LogP contribution in [0.1, 0.15) is 39.3 Å². The van der Waals surface area contributed by atoms with Gasteiger partial charge >= 0.3 is 0 Å². The third-order valence-corrected chi connectivity index (χ3v) is 4.25. The first-order chi connectivity index (χ1) is 10.7. The van der Waals surface area contributed by atoms with Gasteiger partial charge in [0.05, 0.1) is 18.3 Å². The quantitative estimate of drug-likeness (QED) is 0.871. The van der Waals surface area contributed by atoms with E-state index in [1.165, 1.54) is 0 Å². The van der Waals surface area contributed by atoms with E-state index >= 15 is 0 Å². The van der Waals surface area contributed by atoms with Crippen molar-refractivity contribution in [1.29, 1.82) is 0 Å². The number of aryl methyl sites for hydroxylation is 1. The van der Waals surface area contributed by atoms with Gasteiger partial charge < -0.3 is 15.1 Å². The second-order valence-corrected chi connectivity index (χ2v) is 7.03. The zero-order chi connectivity index (χ0) is 17.4. The van der Waals surface area contributed by atoms with Crippen molar-refractivity contribution in [3.8, 4) is 0 Å². The summed E-state index contributed by atoms with van der Waals surface area (Å²) < 4.78 is 1.67. The van der Waals surface area contributed by atoms with Crippen LogP contribution in [-0.4, -0.2) is 63.1 Å². The summed E-state index contributed by atoms with van der Waals surface area (Å²) in [5.41, 5.74) is 0.420. The van der Waals surface area contributed by atoms with Gasteiger partial charge in [0.25, 0.3) is 0 Å². The number of hydrogen-bond donors (Lipinski definition) is 1. The number of nitrogens with one attached hydrogen (secondary N) is 1. The molecule has 1 saturated heterocycles. The predicted molar refractivity (Wildman–Crippen MR) is 94.9 cm³/mol. The van der Waals surface area contributed by atoms with Gasteiger partial charge in [-0.25, -0.2) is 0 Å². The Kier molecular flexibility index (Phi) is 6.41. The lowest BCUT2D eigenvalue weighted by molar-refractivity contribution is -0.156. The highest BCUT2D eigenvalue weighted by Crippen LogP contribution is 2.26. The number of hydrogen-bond acceptors (Lipinski definition) is 4. The minimum absolute atomic E-state index is 0. The fraction of sp³-hybridized carbons (Fsp3) is 0.688. The van der Waals surface area contributed by atoms with Gasteiger partial charge in [-0.3, -0.25) is 14.3 Å². The van der Waals surface area contributed by atoms with Crippen LogP contribution in [0.15, 0.2) is 12.4 Å². The number of piperazine rings is 1. The summed E-state index contributed by atoms with van der Waals surface area (Å²) in [4.78, 5) is 28.9. The lowest BCUT2D eigenvalue weighted by Crippen LogP contribution is -2.65. The molecule has 136 valence electrons. The molecular formula is C16H28ClN5O2. The maximum Gasteiger partial charge on any atom is 0.244 e. The summed E-state index contributed by atoms with van der Waals surface area (Å²) in [5, 5.41) is 7.16. The minimum Gasteiger partial charge on any atom is -0.332 e. The fourth-order valence-corrected chi connectivity index (χ4v) is 3.52. The summed E-state index contributed by atoms with van der Waals surface area (Å²) in [5.74, 6) is -0.101. The molecule has 0 spiro atoms. The Morgan fingerprint density at radius 3 is 2.42 bits per heavy atom. The number of halogens is 1. The number of likely N-dealkylation sites (N-methyl/N-ethyl adjacent to an activating group) is 1. The molecule has 1 fully saturated rings. The van der Waals surface area contributed by atoms with Gasteiger partial charge in [-0.05, 0) is 34.7 Å². The lowest BCUT2D eigenvalue weighted by Gasteiger charge is -2.49. The number of carbonyl (C=O) groups excluding carboxylic acids is 2. The molecule has 1 aliphatic heterocycles. The van der Waals surface area contributed by atoms with Gasteiger partial charge in [-0.15, -0.1) is 12.4 Å². The molecule has 1 atom stereocenters. The van der Waals surface area contributed by atoms with Crippen molar-refractivity contribution in [1.82, 2.24) is 24.9 Å². The fourth-order valence-electron chi connectivity index (χ4n) is 3.52. The van der Waals surface area contributed by atoms with Crippen molar-refractivity contribution < 1.29 is 9.59 Å². The topological polar surface area (TPSA) is 70.5 Å². The molecule has 24 heavy (non-hydrogen) atoms. The van der Waals surface area contributed by atoms with Crippen molar-refractivity contribution in [2.45, 2.75) is 45.3 Å². The molecule has 2 heterocycles. The molecule has 1 aromatic rings. The average Bonchev–Trinajstić information content (AvgIpc) is 2.83. The summed E-state index contributed by atoms with van der Waals surface area (Å²) in [6, 6.07) is -0.369. The predicted octanol–water partition coefficient (Wildman–Crippen LogP) is 0.960. The second kappa shape index (κ2) is 7.53. The first-order valence-corrected chi connectivity index (χ1v) is 7.94. The highest BCUT2D eigenvalue weighted by atomic mass is 35.5. The summed E-state index contributed by atoms with van der Waals surface area (Å²) in [7, 11) is 3.56. The number of rotatable bonds is 4. The van der Waals surface area contributed by atoms with E-state index in [2.05, 4.69) is 10.4 Å². The van der Waals surface area contributed by atoms with E-state index in [0.717, 1.165) is 5.56 Å². The van der Waals surface area contributed by atoms with Crippen molar-refractivity contribution in [2.24, 2.45) is 7.05 Å². The van der Waals surface area contributed by atoms with Crippen molar-refractivity contribution in [3.05, 3.63) is 18.0 Å². The number of carbonyl (C=O) groups is 2. The zero-order valence-corrected chi connectivity index (χ0v) is 16.1. The molecule has 0 aliphatic carbocycles. The average molecular weight is 358 g/mol. The van der Waals surface area contributed by atoms with E-state index in [0.29, 0.717) is 6.54 Å². The summed E-state index contributed by atoms with van der Waals surface area (Å²) >= 11 is 0. The Morgan fingerprint density at radius 1 is 1.38 bits per heavy atom. The van der Waals surface area contributed by atoms with Crippen molar-refractivity contribution >= 4 is 24.2 Å². The monoisotopic (exact) mass is 357 g/mol.